The minimum Gasteiger partial charge on any atom is -0.356 e. The van der Waals surface area contributed by atoms with Crippen molar-refractivity contribution in [3.05, 3.63) is 18.6 Å². The van der Waals surface area contributed by atoms with E-state index in [0.717, 1.165) is 16.9 Å². The standard InChI is InChI=1S/C16H21F2N5O2S/c1-23(16-13-2-3-19-15(13)20-8-21-16)11-6-10(7-11)22-26(24,25)12-4-9(5-12)14(17)18/h2-3,8-12,14,22H,4-7H2,1H3,(H,19,20,21)/t9-,10-,11+,12+. The van der Waals surface area contributed by atoms with E-state index in [-0.39, 0.29) is 24.9 Å². The fraction of sp³-hybridized carbons (Fsp3) is 0.625. The highest BCUT2D eigenvalue weighted by molar-refractivity contribution is 7.90. The lowest BCUT2D eigenvalue weighted by atomic mass is 9.85. The van der Waals surface area contributed by atoms with Crippen molar-refractivity contribution in [3.63, 3.8) is 0 Å². The summed E-state index contributed by atoms with van der Waals surface area (Å²) < 4.78 is 52.3. The minimum absolute atomic E-state index is 0.0510. The van der Waals surface area contributed by atoms with Crippen LogP contribution in [0.3, 0.4) is 0 Å². The number of aromatic amines is 1. The van der Waals surface area contributed by atoms with E-state index >= 15 is 0 Å². The van der Waals surface area contributed by atoms with Crippen molar-refractivity contribution in [2.24, 2.45) is 5.92 Å². The van der Waals surface area contributed by atoms with E-state index in [1.807, 2.05) is 18.0 Å². The Morgan fingerprint density at radius 1 is 1.27 bits per heavy atom. The number of anilines is 1. The summed E-state index contributed by atoms with van der Waals surface area (Å²) in [5, 5.41) is 0.242. The van der Waals surface area contributed by atoms with Gasteiger partial charge in [0.2, 0.25) is 16.4 Å². The number of hydrogen-bond acceptors (Lipinski definition) is 5. The Bertz CT molecular complexity index is 891. The molecule has 4 rings (SSSR count). The first-order chi connectivity index (χ1) is 12.3. The zero-order chi connectivity index (χ0) is 18.5. The predicted octanol–water partition coefficient (Wildman–Crippen LogP) is 1.89. The van der Waals surface area contributed by atoms with Crippen LogP contribution in [0.15, 0.2) is 18.6 Å². The number of nitrogens with zero attached hydrogens (tertiary/aromatic N) is 3. The van der Waals surface area contributed by atoms with Gasteiger partial charge in [0.15, 0.2) is 0 Å². The first kappa shape index (κ1) is 17.6. The van der Waals surface area contributed by atoms with Crippen molar-refractivity contribution >= 4 is 26.9 Å². The number of H-pyrrole nitrogens is 1. The van der Waals surface area contributed by atoms with E-state index in [2.05, 4.69) is 19.7 Å². The Morgan fingerprint density at radius 3 is 2.69 bits per heavy atom. The molecule has 2 aromatic rings. The normalized spacial score (nSPS) is 28.8. The molecule has 0 radical (unpaired) electrons. The zero-order valence-electron chi connectivity index (χ0n) is 14.3. The predicted molar refractivity (Wildman–Crippen MR) is 93.7 cm³/mol. The molecule has 0 aromatic carbocycles. The van der Waals surface area contributed by atoms with E-state index in [1.165, 1.54) is 6.33 Å². The number of aromatic nitrogens is 3. The first-order valence-corrected chi connectivity index (χ1v) is 10.2. The summed E-state index contributed by atoms with van der Waals surface area (Å²) >= 11 is 0. The van der Waals surface area contributed by atoms with Gasteiger partial charge in [0.25, 0.3) is 0 Å². The van der Waals surface area contributed by atoms with E-state index < -0.39 is 27.6 Å². The lowest BCUT2D eigenvalue weighted by Crippen LogP contribution is -2.56. The Morgan fingerprint density at radius 2 is 2.00 bits per heavy atom. The Kier molecular flexibility index (Phi) is 4.34. The summed E-state index contributed by atoms with van der Waals surface area (Å²) in [7, 11) is -1.59. The van der Waals surface area contributed by atoms with Crippen molar-refractivity contribution in [1.82, 2.24) is 19.7 Å². The van der Waals surface area contributed by atoms with Crippen LogP contribution in [0.1, 0.15) is 25.7 Å². The zero-order valence-corrected chi connectivity index (χ0v) is 15.1. The molecule has 2 aliphatic carbocycles. The van der Waals surface area contributed by atoms with Gasteiger partial charge in [0, 0.05) is 31.2 Å². The number of sulfonamides is 1. The monoisotopic (exact) mass is 385 g/mol. The molecule has 10 heteroatoms. The number of alkyl halides is 2. The molecule has 0 atom stereocenters. The second-order valence-electron chi connectivity index (χ2n) is 7.22. The topological polar surface area (TPSA) is 91.0 Å². The van der Waals surface area contributed by atoms with Gasteiger partial charge in [0.05, 0.1) is 10.6 Å². The van der Waals surface area contributed by atoms with Crippen LogP contribution in [0.4, 0.5) is 14.6 Å². The van der Waals surface area contributed by atoms with Crippen LogP contribution < -0.4 is 9.62 Å². The Labute approximate surface area is 150 Å². The molecule has 0 amide bonds. The molecule has 0 unspecified atom stereocenters. The van der Waals surface area contributed by atoms with Gasteiger partial charge < -0.3 is 9.88 Å². The molecule has 2 aliphatic rings. The van der Waals surface area contributed by atoms with Crippen LogP contribution in [0, 0.1) is 5.92 Å². The van der Waals surface area contributed by atoms with Crippen molar-refractivity contribution < 1.29 is 17.2 Å². The average molecular weight is 385 g/mol. The second-order valence-corrected chi connectivity index (χ2v) is 9.21. The van der Waals surface area contributed by atoms with Gasteiger partial charge in [-0.3, -0.25) is 0 Å². The average Bonchev–Trinajstić information content (AvgIpc) is 2.96. The molecule has 2 N–H and O–H groups in total. The van der Waals surface area contributed by atoms with Gasteiger partial charge in [-0.2, -0.15) is 0 Å². The Hall–Kier alpha value is -1.81. The highest BCUT2D eigenvalue weighted by Gasteiger charge is 2.45. The SMILES string of the molecule is CN(c1ncnc2[nH]ccc12)[C@H]1C[C@@H](NS(=O)(=O)[C@H]2C[C@@H](C(F)F)C2)C1. The van der Waals surface area contributed by atoms with Gasteiger partial charge in [-0.05, 0) is 31.7 Å². The van der Waals surface area contributed by atoms with Crippen LogP contribution in [0.5, 0.6) is 0 Å². The summed E-state index contributed by atoms with van der Waals surface area (Å²) in [5.74, 6) is 0.0275. The van der Waals surface area contributed by atoms with Crippen molar-refractivity contribution in [3.8, 4) is 0 Å². The largest absolute Gasteiger partial charge is 0.356 e. The second kappa shape index (κ2) is 6.41. The van der Waals surface area contributed by atoms with Gasteiger partial charge in [-0.15, -0.1) is 0 Å². The lowest BCUT2D eigenvalue weighted by Gasteiger charge is -2.43. The molecule has 2 heterocycles. The first-order valence-electron chi connectivity index (χ1n) is 8.65. The maximum Gasteiger partial charge on any atom is 0.241 e. The van der Waals surface area contributed by atoms with Crippen LogP contribution in [-0.4, -0.2) is 54.2 Å². The molecule has 142 valence electrons. The van der Waals surface area contributed by atoms with E-state index in [4.69, 9.17) is 0 Å². The van der Waals surface area contributed by atoms with E-state index in [9.17, 15) is 17.2 Å². The quantitative estimate of drug-likeness (QED) is 0.792. The van der Waals surface area contributed by atoms with Gasteiger partial charge in [-0.25, -0.2) is 31.9 Å². The summed E-state index contributed by atoms with van der Waals surface area (Å²) in [5.41, 5.74) is 0.761. The minimum atomic E-state index is -3.52. The van der Waals surface area contributed by atoms with Gasteiger partial charge in [0.1, 0.15) is 17.8 Å². The number of rotatable bonds is 6. The maximum atomic E-state index is 12.5. The summed E-state index contributed by atoms with van der Waals surface area (Å²) in [6.45, 7) is 0. The van der Waals surface area contributed by atoms with Crippen LogP contribution >= 0.6 is 0 Å². The third-order valence-corrected chi connectivity index (χ3v) is 7.51. The molecule has 2 saturated carbocycles. The molecule has 0 saturated heterocycles. The summed E-state index contributed by atoms with van der Waals surface area (Å²) in [6.07, 6.45) is 2.30. The fourth-order valence-electron chi connectivity index (χ4n) is 3.71. The molecule has 26 heavy (non-hydrogen) atoms. The molecule has 0 spiro atoms. The summed E-state index contributed by atoms with van der Waals surface area (Å²) in [6, 6.07) is 1.93. The molecule has 0 aliphatic heterocycles. The van der Waals surface area contributed by atoms with Crippen LogP contribution in [0.25, 0.3) is 11.0 Å². The lowest BCUT2D eigenvalue weighted by molar-refractivity contribution is 0.0361. The number of fused-ring (bicyclic) bond motifs is 1. The van der Waals surface area contributed by atoms with Crippen molar-refractivity contribution in [1.29, 1.82) is 0 Å². The number of hydrogen-bond donors (Lipinski definition) is 2. The van der Waals surface area contributed by atoms with Crippen LogP contribution in [-0.2, 0) is 10.0 Å². The van der Waals surface area contributed by atoms with Crippen molar-refractivity contribution in [2.45, 2.75) is 49.4 Å². The smallest absolute Gasteiger partial charge is 0.241 e. The molecular weight excluding hydrogens is 364 g/mol. The third-order valence-electron chi connectivity index (χ3n) is 5.59. The van der Waals surface area contributed by atoms with E-state index in [1.54, 1.807) is 6.20 Å². The van der Waals surface area contributed by atoms with Gasteiger partial charge >= 0.3 is 0 Å². The third kappa shape index (κ3) is 3.05. The highest BCUT2D eigenvalue weighted by atomic mass is 32.2. The molecule has 2 aromatic heterocycles. The Balaban J connectivity index is 1.33. The van der Waals surface area contributed by atoms with Crippen molar-refractivity contribution in [2.75, 3.05) is 11.9 Å². The molecule has 0 bridgehead atoms. The highest BCUT2D eigenvalue weighted by Crippen LogP contribution is 2.38. The maximum absolute atomic E-state index is 12.5. The molecule has 7 nitrogen and oxygen atoms in total. The number of nitrogens with one attached hydrogen (secondary N) is 2. The van der Waals surface area contributed by atoms with E-state index in [0.29, 0.717) is 12.8 Å². The molecular formula is C16H21F2N5O2S. The number of halogens is 2. The van der Waals surface area contributed by atoms with Crippen LogP contribution in [0.2, 0.25) is 0 Å². The fourth-order valence-corrected chi connectivity index (χ4v) is 5.56. The summed E-state index contributed by atoms with van der Waals surface area (Å²) in [4.78, 5) is 13.6. The molecule has 2 fully saturated rings. The van der Waals surface area contributed by atoms with Gasteiger partial charge in [-0.1, -0.05) is 0 Å².